The molecule has 1 aliphatic rings. The second-order valence-electron chi connectivity index (χ2n) is 6.82. The maximum Gasteiger partial charge on any atom is 0.270 e. The number of rotatable bonds is 8. The maximum atomic E-state index is 12.5. The zero-order valence-corrected chi connectivity index (χ0v) is 15.6. The molecule has 0 radical (unpaired) electrons. The third-order valence-electron chi connectivity index (χ3n) is 4.51. The van der Waals surface area contributed by atoms with Crippen LogP contribution in [-0.2, 0) is 0 Å². The number of nitrogens with zero attached hydrogens (tertiary/aromatic N) is 1. The van der Waals surface area contributed by atoms with Gasteiger partial charge in [0.2, 0.25) is 0 Å². The molecule has 1 saturated carbocycles. The molecule has 2 rings (SSSR count). The standard InChI is InChI=1S/C18H26N2O4S/c1-12(2)16(21)9-10-19-18(22)15-11-13(20(23)24)7-8-17(15)25-14-5-3-4-6-14/h7-8,11-12,14,16,21H,3-6,9-10H2,1-2H3,(H,19,22). The van der Waals surface area contributed by atoms with Crippen LogP contribution < -0.4 is 5.32 Å². The van der Waals surface area contributed by atoms with Crippen LogP contribution in [0.25, 0.3) is 0 Å². The average molecular weight is 366 g/mol. The van der Waals surface area contributed by atoms with Crippen molar-refractivity contribution in [2.75, 3.05) is 6.54 Å². The monoisotopic (exact) mass is 366 g/mol. The van der Waals surface area contributed by atoms with E-state index in [-0.39, 0.29) is 17.5 Å². The minimum Gasteiger partial charge on any atom is -0.393 e. The van der Waals surface area contributed by atoms with Gasteiger partial charge in [-0.2, -0.15) is 0 Å². The number of nitro benzene ring substituents is 1. The first-order valence-electron chi connectivity index (χ1n) is 8.80. The van der Waals surface area contributed by atoms with E-state index in [1.54, 1.807) is 17.8 Å². The van der Waals surface area contributed by atoms with Crippen LogP contribution in [0.4, 0.5) is 5.69 Å². The van der Waals surface area contributed by atoms with Crippen LogP contribution in [0.5, 0.6) is 0 Å². The van der Waals surface area contributed by atoms with E-state index in [0.29, 0.717) is 23.8 Å². The third-order valence-corrected chi connectivity index (χ3v) is 5.92. The molecule has 0 spiro atoms. The summed E-state index contributed by atoms with van der Waals surface area (Å²) in [4.78, 5) is 23.9. The van der Waals surface area contributed by atoms with Crippen molar-refractivity contribution in [1.82, 2.24) is 5.32 Å². The first-order chi connectivity index (χ1) is 11.9. The van der Waals surface area contributed by atoms with Crippen LogP contribution in [0.2, 0.25) is 0 Å². The minimum absolute atomic E-state index is 0.0804. The molecular formula is C18H26N2O4S. The highest BCUT2D eigenvalue weighted by atomic mass is 32.2. The van der Waals surface area contributed by atoms with E-state index >= 15 is 0 Å². The Morgan fingerprint density at radius 2 is 2.08 bits per heavy atom. The van der Waals surface area contributed by atoms with Gasteiger partial charge in [0.15, 0.2) is 0 Å². The molecule has 1 amide bonds. The fourth-order valence-corrected chi connectivity index (χ4v) is 4.21. The Morgan fingerprint density at radius 1 is 1.40 bits per heavy atom. The van der Waals surface area contributed by atoms with Gasteiger partial charge in [-0.25, -0.2) is 0 Å². The molecule has 7 heteroatoms. The average Bonchev–Trinajstić information content (AvgIpc) is 3.07. The minimum atomic E-state index is -0.483. The lowest BCUT2D eigenvalue weighted by molar-refractivity contribution is -0.384. The second kappa shape index (κ2) is 9.20. The summed E-state index contributed by atoms with van der Waals surface area (Å²) in [7, 11) is 0. The molecule has 0 bridgehead atoms. The number of non-ortho nitro benzene ring substituents is 1. The van der Waals surface area contributed by atoms with Gasteiger partial charge in [0.1, 0.15) is 0 Å². The molecule has 1 unspecified atom stereocenters. The molecule has 2 N–H and O–H groups in total. The predicted molar refractivity (Wildman–Crippen MR) is 99.0 cm³/mol. The molecule has 0 saturated heterocycles. The first-order valence-corrected chi connectivity index (χ1v) is 9.67. The van der Waals surface area contributed by atoms with E-state index in [1.807, 2.05) is 13.8 Å². The topological polar surface area (TPSA) is 92.5 Å². The molecule has 1 aliphatic carbocycles. The third kappa shape index (κ3) is 5.71. The van der Waals surface area contributed by atoms with Crippen molar-refractivity contribution in [3.8, 4) is 0 Å². The zero-order chi connectivity index (χ0) is 18.4. The van der Waals surface area contributed by atoms with Gasteiger partial charge >= 0.3 is 0 Å². The smallest absolute Gasteiger partial charge is 0.270 e. The van der Waals surface area contributed by atoms with Crippen LogP contribution >= 0.6 is 11.8 Å². The van der Waals surface area contributed by atoms with Gasteiger partial charge in [-0.15, -0.1) is 11.8 Å². The molecular weight excluding hydrogens is 340 g/mol. The number of aliphatic hydroxyl groups is 1. The van der Waals surface area contributed by atoms with E-state index in [4.69, 9.17) is 0 Å². The number of thioether (sulfide) groups is 1. The van der Waals surface area contributed by atoms with E-state index in [2.05, 4.69) is 5.32 Å². The van der Waals surface area contributed by atoms with Gasteiger partial charge in [0, 0.05) is 28.8 Å². The maximum absolute atomic E-state index is 12.5. The Labute approximate surface area is 152 Å². The summed E-state index contributed by atoms with van der Waals surface area (Å²) < 4.78 is 0. The molecule has 138 valence electrons. The number of aliphatic hydroxyl groups excluding tert-OH is 1. The first kappa shape index (κ1) is 19.7. The van der Waals surface area contributed by atoms with Crippen molar-refractivity contribution >= 4 is 23.4 Å². The summed E-state index contributed by atoms with van der Waals surface area (Å²) in [6.45, 7) is 4.18. The van der Waals surface area contributed by atoms with Gasteiger partial charge in [-0.1, -0.05) is 26.7 Å². The normalized spacial score (nSPS) is 16.2. The summed E-state index contributed by atoms with van der Waals surface area (Å²) in [6.07, 6.45) is 4.60. The number of hydrogen-bond donors (Lipinski definition) is 2. The Morgan fingerprint density at radius 3 is 2.68 bits per heavy atom. The van der Waals surface area contributed by atoms with Crippen LogP contribution in [0, 0.1) is 16.0 Å². The van der Waals surface area contributed by atoms with Gasteiger partial charge in [0.05, 0.1) is 16.6 Å². The highest BCUT2D eigenvalue weighted by Gasteiger charge is 2.22. The molecule has 25 heavy (non-hydrogen) atoms. The van der Waals surface area contributed by atoms with Gasteiger partial charge in [-0.3, -0.25) is 14.9 Å². The number of carbonyl (C=O) groups excluding carboxylic acids is 1. The van der Waals surface area contributed by atoms with Crippen LogP contribution in [0.15, 0.2) is 23.1 Å². The SMILES string of the molecule is CC(C)C(O)CCNC(=O)c1cc([N+](=O)[O-])ccc1SC1CCCC1. The van der Waals surface area contributed by atoms with E-state index in [9.17, 15) is 20.0 Å². The van der Waals surface area contributed by atoms with Crippen molar-refractivity contribution in [2.45, 2.75) is 62.2 Å². The van der Waals surface area contributed by atoms with E-state index in [0.717, 1.165) is 17.7 Å². The zero-order valence-electron chi connectivity index (χ0n) is 14.7. The molecule has 0 heterocycles. The van der Waals surface area contributed by atoms with Crippen molar-refractivity contribution < 1.29 is 14.8 Å². The lowest BCUT2D eigenvalue weighted by Gasteiger charge is -2.16. The van der Waals surface area contributed by atoms with Crippen LogP contribution in [0.3, 0.4) is 0 Å². The molecule has 1 atom stereocenters. The van der Waals surface area contributed by atoms with Crippen molar-refractivity contribution in [1.29, 1.82) is 0 Å². The Hall–Kier alpha value is -1.60. The van der Waals surface area contributed by atoms with Crippen molar-refractivity contribution in [3.05, 3.63) is 33.9 Å². The summed E-state index contributed by atoms with van der Waals surface area (Å²) in [5.41, 5.74) is 0.272. The lowest BCUT2D eigenvalue weighted by atomic mass is 10.0. The van der Waals surface area contributed by atoms with Gasteiger partial charge in [-0.05, 0) is 31.2 Å². The molecule has 6 nitrogen and oxygen atoms in total. The summed E-state index contributed by atoms with van der Waals surface area (Å²) in [5.74, 6) is -0.191. The lowest BCUT2D eigenvalue weighted by Crippen LogP contribution is -2.29. The number of nitrogens with one attached hydrogen (secondary N) is 1. The number of nitro groups is 1. The Balaban J connectivity index is 2.09. The molecule has 1 aromatic rings. The van der Waals surface area contributed by atoms with Gasteiger partial charge < -0.3 is 10.4 Å². The van der Waals surface area contributed by atoms with Crippen molar-refractivity contribution in [3.63, 3.8) is 0 Å². The summed E-state index contributed by atoms with van der Waals surface area (Å²) in [6, 6.07) is 4.49. The number of benzene rings is 1. The fraction of sp³-hybridized carbons (Fsp3) is 0.611. The molecule has 0 aliphatic heterocycles. The molecule has 0 aromatic heterocycles. The highest BCUT2D eigenvalue weighted by Crippen LogP contribution is 2.37. The highest BCUT2D eigenvalue weighted by molar-refractivity contribution is 8.00. The molecule has 1 fully saturated rings. The predicted octanol–water partition coefficient (Wildman–Crippen LogP) is 3.77. The second-order valence-corrected chi connectivity index (χ2v) is 8.16. The largest absolute Gasteiger partial charge is 0.393 e. The fourth-order valence-electron chi connectivity index (χ4n) is 2.86. The van der Waals surface area contributed by atoms with E-state index < -0.39 is 11.0 Å². The summed E-state index contributed by atoms with van der Waals surface area (Å²) in [5, 5.41) is 24.1. The molecule has 1 aromatic carbocycles. The van der Waals surface area contributed by atoms with Crippen molar-refractivity contribution in [2.24, 2.45) is 5.92 Å². The Kier molecular flexibility index (Phi) is 7.25. The van der Waals surface area contributed by atoms with Crippen LogP contribution in [-0.4, -0.2) is 33.8 Å². The van der Waals surface area contributed by atoms with Gasteiger partial charge in [0.25, 0.3) is 11.6 Å². The van der Waals surface area contributed by atoms with E-state index in [1.165, 1.54) is 25.0 Å². The number of hydrogen-bond acceptors (Lipinski definition) is 5. The Bertz CT molecular complexity index is 615. The summed E-state index contributed by atoms with van der Waals surface area (Å²) >= 11 is 1.64. The quantitative estimate of drug-likeness (QED) is 0.540. The van der Waals surface area contributed by atoms with Crippen LogP contribution in [0.1, 0.15) is 56.3 Å². The number of amides is 1. The number of carbonyl (C=O) groups is 1.